The summed E-state index contributed by atoms with van der Waals surface area (Å²) in [6.45, 7) is 0. The van der Waals surface area contributed by atoms with Crippen LogP contribution in [0.5, 0.6) is 11.5 Å². The van der Waals surface area contributed by atoms with Crippen LogP contribution >= 0.6 is 23.8 Å². The van der Waals surface area contributed by atoms with E-state index in [-0.39, 0.29) is 10.7 Å². The second-order valence-electron chi connectivity index (χ2n) is 6.42. The molecule has 1 aliphatic rings. The maximum atomic E-state index is 13.1. The van der Waals surface area contributed by atoms with E-state index in [1.165, 1.54) is 11.0 Å². The van der Waals surface area contributed by atoms with Crippen molar-refractivity contribution in [2.75, 3.05) is 4.90 Å². The summed E-state index contributed by atoms with van der Waals surface area (Å²) in [5.41, 5.74) is 1.12. The van der Waals surface area contributed by atoms with Gasteiger partial charge in [-0.2, -0.15) is 0 Å². The predicted octanol–water partition coefficient (Wildman–Crippen LogP) is 4.96. The molecule has 5 nitrogen and oxygen atoms in total. The lowest BCUT2D eigenvalue weighted by molar-refractivity contribution is -0.122. The molecule has 1 heterocycles. The van der Waals surface area contributed by atoms with E-state index >= 15 is 0 Å². The van der Waals surface area contributed by atoms with Gasteiger partial charge >= 0.3 is 0 Å². The highest BCUT2D eigenvalue weighted by Gasteiger charge is 2.34. The molecule has 4 rings (SSSR count). The number of nitrogens with zero attached hydrogens (tertiary/aromatic N) is 1. The molecule has 0 aromatic heterocycles. The third-order valence-electron chi connectivity index (χ3n) is 4.34. The number of hydrogen-bond donors (Lipinski definition) is 1. The van der Waals surface area contributed by atoms with Crippen molar-refractivity contribution in [1.82, 2.24) is 5.32 Å². The van der Waals surface area contributed by atoms with Crippen LogP contribution in [0.4, 0.5) is 5.69 Å². The highest BCUT2D eigenvalue weighted by molar-refractivity contribution is 7.80. The van der Waals surface area contributed by atoms with Gasteiger partial charge in [-0.05, 0) is 72.4 Å². The van der Waals surface area contributed by atoms with Crippen molar-refractivity contribution >= 4 is 52.5 Å². The molecule has 3 aromatic carbocycles. The summed E-state index contributed by atoms with van der Waals surface area (Å²) in [5, 5.41) is 3.09. The Labute approximate surface area is 183 Å². The molecule has 0 atom stereocenters. The number of carbonyl (C=O) groups excluding carboxylic acids is 2. The summed E-state index contributed by atoms with van der Waals surface area (Å²) in [7, 11) is 0. The average molecular weight is 435 g/mol. The van der Waals surface area contributed by atoms with Crippen molar-refractivity contribution < 1.29 is 14.3 Å². The quantitative estimate of drug-likeness (QED) is 0.358. The molecular formula is C23H15ClN2O3S. The van der Waals surface area contributed by atoms with Gasteiger partial charge in [0.05, 0.1) is 5.69 Å². The molecule has 3 aromatic rings. The van der Waals surface area contributed by atoms with Gasteiger partial charge in [0.1, 0.15) is 17.1 Å². The zero-order valence-electron chi connectivity index (χ0n) is 15.5. The van der Waals surface area contributed by atoms with Gasteiger partial charge in [0, 0.05) is 5.02 Å². The van der Waals surface area contributed by atoms with Gasteiger partial charge < -0.3 is 4.74 Å². The van der Waals surface area contributed by atoms with Gasteiger partial charge in [-0.1, -0.05) is 41.9 Å². The minimum atomic E-state index is -0.551. The standard InChI is InChI=1S/C23H15ClN2O3S/c24-16-6-4-5-15(13-16)14-20-21(27)25-23(30)26(22(20)28)17-9-11-19(12-10-17)29-18-7-2-1-3-8-18/h1-14H,(H,25,27,30). The molecule has 0 saturated carbocycles. The van der Waals surface area contributed by atoms with Gasteiger partial charge in [-0.15, -0.1) is 0 Å². The van der Waals surface area contributed by atoms with Crippen molar-refractivity contribution in [1.29, 1.82) is 0 Å². The van der Waals surface area contributed by atoms with Gasteiger partial charge in [0.2, 0.25) is 0 Å². The van der Waals surface area contributed by atoms with Crippen LogP contribution in [-0.4, -0.2) is 16.9 Å². The molecule has 1 N–H and O–H groups in total. The normalized spacial score (nSPS) is 15.3. The summed E-state index contributed by atoms with van der Waals surface area (Å²) in [6, 6.07) is 23.1. The fourth-order valence-corrected chi connectivity index (χ4v) is 3.42. The lowest BCUT2D eigenvalue weighted by Crippen LogP contribution is -2.54. The summed E-state index contributed by atoms with van der Waals surface area (Å²) in [6.07, 6.45) is 1.49. The Balaban J connectivity index is 1.60. The third-order valence-corrected chi connectivity index (χ3v) is 4.85. The molecule has 1 saturated heterocycles. The Morgan fingerprint density at radius 1 is 0.900 bits per heavy atom. The first-order valence-electron chi connectivity index (χ1n) is 9.01. The summed E-state index contributed by atoms with van der Waals surface area (Å²) >= 11 is 11.2. The van der Waals surface area contributed by atoms with Gasteiger partial charge in [0.15, 0.2) is 5.11 Å². The number of anilines is 1. The van der Waals surface area contributed by atoms with Crippen LogP contribution in [0.3, 0.4) is 0 Å². The van der Waals surface area contributed by atoms with E-state index in [0.29, 0.717) is 27.8 Å². The first-order chi connectivity index (χ1) is 14.5. The maximum absolute atomic E-state index is 13.1. The smallest absolute Gasteiger partial charge is 0.270 e. The van der Waals surface area contributed by atoms with E-state index in [4.69, 9.17) is 28.6 Å². The molecule has 0 spiro atoms. The number of ether oxygens (including phenoxy) is 1. The SMILES string of the molecule is O=C1NC(=S)N(c2ccc(Oc3ccccc3)cc2)C(=O)C1=Cc1cccc(Cl)c1. The van der Waals surface area contributed by atoms with Crippen LogP contribution in [0.2, 0.25) is 5.02 Å². The molecule has 148 valence electrons. The first kappa shape index (κ1) is 19.8. The van der Waals surface area contributed by atoms with Gasteiger partial charge in [0.25, 0.3) is 11.8 Å². The lowest BCUT2D eigenvalue weighted by atomic mass is 10.1. The average Bonchev–Trinajstić information content (AvgIpc) is 2.73. The van der Waals surface area contributed by atoms with Gasteiger partial charge in [-0.3, -0.25) is 19.8 Å². The van der Waals surface area contributed by atoms with Crippen molar-refractivity contribution in [2.24, 2.45) is 0 Å². The number of hydrogen-bond acceptors (Lipinski definition) is 4. The fraction of sp³-hybridized carbons (Fsp3) is 0. The third kappa shape index (κ3) is 4.25. The number of nitrogens with one attached hydrogen (secondary N) is 1. The highest BCUT2D eigenvalue weighted by Crippen LogP contribution is 2.27. The van der Waals surface area contributed by atoms with Gasteiger partial charge in [-0.25, -0.2) is 0 Å². The molecule has 1 aliphatic heterocycles. The molecule has 30 heavy (non-hydrogen) atoms. The predicted molar refractivity (Wildman–Crippen MR) is 121 cm³/mol. The number of thiocarbonyl (C=S) groups is 1. The summed E-state index contributed by atoms with van der Waals surface area (Å²) in [4.78, 5) is 26.7. The van der Waals surface area contributed by atoms with Crippen molar-refractivity contribution in [2.45, 2.75) is 0 Å². The molecule has 1 fully saturated rings. The first-order valence-corrected chi connectivity index (χ1v) is 9.80. The Bertz CT molecular complexity index is 1160. The zero-order chi connectivity index (χ0) is 21.1. The van der Waals surface area contributed by atoms with E-state index in [1.54, 1.807) is 48.5 Å². The van der Waals surface area contributed by atoms with E-state index in [2.05, 4.69) is 5.32 Å². The van der Waals surface area contributed by atoms with E-state index in [9.17, 15) is 9.59 Å². The maximum Gasteiger partial charge on any atom is 0.270 e. The van der Waals surface area contributed by atoms with E-state index < -0.39 is 11.8 Å². The second kappa shape index (κ2) is 8.49. The van der Waals surface area contributed by atoms with Crippen LogP contribution in [0.25, 0.3) is 6.08 Å². The monoisotopic (exact) mass is 434 g/mol. The van der Waals surface area contributed by atoms with E-state index in [0.717, 1.165) is 0 Å². The van der Waals surface area contributed by atoms with Crippen LogP contribution < -0.4 is 15.0 Å². The molecule has 0 radical (unpaired) electrons. The number of rotatable bonds is 4. The highest BCUT2D eigenvalue weighted by atomic mass is 35.5. The number of para-hydroxylation sites is 1. The Hall–Kier alpha value is -3.48. The second-order valence-corrected chi connectivity index (χ2v) is 7.25. The summed E-state index contributed by atoms with van der Waals surface area (Å²) < 4.78 is 5.77. The summed E-state index contributed by atoms with van der Waals surface area (Å²) in [5.74, 6) is 0.249. The molecule has 0 aliphatic carbocycles. The van der Waals surface area contributed by atoms with Crippen LogP contribution in [-0.2, 0) is 9.59 Å². The Kier molecular flexibility index (Phi) is 5.61. The van der Waals surface area contributed by atoms with Crippen LogP contribution in [0.15, 0.2) is 84.4 Å². The fourth-order valence-electron chi connectivity index (χ4n) is 2.94. The topological polar surface area (TPSA) is 58.6 Å². The molecular weight excluding hydrogens is 420 g/mol. The Morgan fingerprint density at radius 2 is 1.60 bits per heavy atom. The van der Waals surface area contributed by atoms with E-state index in [1.807, 2.05) is 30.3 Å². The number of amides is 2. The largest absolute Gasteiger partial charge is 0.457 e. The molecule has 2 amide bonds. The molecule has 0 bridgehead atoms. The molecule has 7 heteroatoms. The van der Waals surface area contributed by atoms with Crippen molar-refractivity contribution in [3.8, 4) is 11.5 Å². The molecule has 0 unspecified atom stereocenters. The van der Waals surface area contributed by atoms with Crippen molar-refractivity contribution in [3.05, 3.63) is 95.0 Å². The number of benzene rings is 3. The minimum absolute atomic E-state index is 0.0185. The van der Waals surface area contributed by atoms with Crippen LogP contribution in [0.1, 0.15) is 5.56 Å². The number of carbonyl (C=O) groups is 2. The zero-order valence-corrected chi connectivity index (χ0v) is 17.1. The number of halogens is 1. The lowest BCUT2D eigenvalue weighted by Gasteiger charge is -2.29. The van der Waals surface area contributed by atoms with Crippen LogP contribution in [0, 0.1) is 0 Å². The van der Waals surface area contributed by atoms with Crippen molar-refractivity contribution in [3.63, 3.8) is 0 Å². The Morgan fingerprint density at radius 3 is 2.30 bits per heavy atom. The minimum Gasteiger partial charge on any atom is -0.457 e.